The van der Waals surface area contributed by atoms with Crippen molar-refractivity contribution in [2.45, 2.75) is 38.6 Å². The van der Waals surface area contributed by atoms with Crippen LogP contribution in [0, 0.1) is 15.9 Å². The fourth-order valence-electron chi connectivity index (χ4n) is 3.43. The van der Waals surface area contributed by atoms with E-state index in [0.29, 0.717) is 18.2 Å². The van der Waals surface area contributed by atoms with Crippen molar-refractivity contribution >= 4 is 23.1 Å². The van der Waals surface area contributed by atoms with Gasteiger partial charge in [-0.1, -0.05) is 13.3 Å². The fourth-order valence-corrected chi connectivity index (χ4v) is 3.43. The van der Waals surface area contributed by atoms with E-state index in [-0.39, 0.29) is 6.04 Å². The maximum absolute atomic E-state index is 13.6. The summed E-state index contributed by atoms with van der Waals surface area (Å²) in [6, 6.07) is 5.88. The number of halogens is 1. The van der Waals surface area contributed by atoms with Crippen molar-refractivity contribution in [3.8, 4) is 0 Å². The zero-order valence-electron chi connectivity index (χ0n) is 16.0. The summed E-state index contributed by atoms with van der Waals surface area (Å²) in [5.41, 5.74) is 0.659. The molecule has 2 heterocycles. The first-order valence-corrected chi connectivity index (χ1v) is 9.36. The quantitative estimate of drug-likeness (QED) is 0.541. The van der Waals surface area contributed by atoms with Gasteiger partial charge in [-0.25, -0.2) is 4.98 Å². The molecule has 0 bridgehead atoms. The number of aryl methyl sites for hydroxylation is 1. The lowest BCUT2D eigenvalue weighted by Crippen LogP contribution is -2.33. The van der Waals surface area contributed by atoms with Gasteiger partial charge >= 0.3 is 5.69 Å². The van der Waals surface area contributed by atoms with Crippen molar-refractivity contribution < 1.29 is 14.1 Å². The molecule has 8 nitrogen and oxygen atoms in total. The molecule has 0 spiro atoms. The van der Waals surface area contributed by atoms with E-state index in [4.69, 9.17) is 4.74 Å². The van der Waals surface area contributed by atoms with Gasteiger partial charge in [0, 0.05) is 37.2 Å². The van der Waals surface area contributed by atoms with Crippen LogP contribution in [0.25, 0.3) is 0 Å². The summed E-state index contributed by atoms with van der Waals surface area (Å²) in [5.74, 6) is 0.262. The highest BCUT2D eigenvalue weighted by atomic mass is 19.1. The number of ether oxygens (including phenoxy) is 1. The van der Waals surface area contributed by atoms with Gasteiger partial charge < -0.3 is 15.0 Å². The lowest BCUT2D eigenvalue weighted by molar-refractivity contribution is -0.387. The Morgan fingerprint density at radius 3 is 2.93 bits per heavy atom. The third-order valence-corrected chi connectivity index (χ3v) is 4.70. The highest BCUT2D eigenvalue weighted by molar-refractivity contribution is 5.59. The average Bonchev–Trinajstić information content (AvgIpc) is 3.12. The Hall–Kier alpha value is -2.81. The summed E-state index contributed by atoms with van der Waals surface area (Å²) in [6.45, 7) is 3.58. The lowest BCUT2D eigenvalue weighted by Gasteiger charge is -2.26. The van der Waals surface area contributed by atoms with Crippen molar-refractivity contribution in [1.29, 1.82) is 0 Å². The minimum atomic E-state index is -0.878. The number of hydrogen-bond donors (Lipinski definition) is 1. The van der Waals surface area contributed by atoms with Crippen LogP contribution < -0.4 is 10.2 Å². The fraction of sp³-hybridized carbons (Fsp3) is 0.474. The first kappa shape index (κ1) is 19.9. The van der Waals surface area contributed by atoms with Crippen molar-refractivity contribution in [3.05, 3.63) is 45.9 Å². The van der Waals surface area contributed by atoms with Gasteiger partial charge in [0.15, 0.2) is 0 Å². The van der Waals surface area contributed by atoms with Crippen molar-refractivity contribution in [3.63, 3.8) is 0 Å². The number of nitro benzene ring substituents is 1. The number of rotatable bonds is 8. The number of hydrogen-bond acceptors (Lipinski definition) is 7. The van der Waals surface area contributed by atoms with Crippen LogP contribution in [-0.4, -0.2) is 41.2 Å². The maximum atomic E-state index is 13.6. The molecule has 28 heavy (non-hydrogen) atoms. The van der Waals surface area contributed by atoms with Crippen LogP contribution in [-0.2, 0) is 11.2 Å². The van der Waals surface area contributed by atoms with Gasteiger partial charge in [-0.3, -0.25) is 10.1 Å². The molecule has 0 saturated carbocycles. The predicted octanol–water partition coefficient (Wildman–Crippen LogP) is 3.84. The maximum Gasteiger partial charge on any atom is 0.306 e. The van der Waals surface area contributed by atoms with E-state index in [1.807, 2.05) is 6.07 Å². The summed E-state index contributed by atoms with van der Waals surface area (Å²) in [5, 5.41) is 14.0. The molecule has 1 fully saturated rings. The molecule has 0 radical (unpaired) electrons. The zero-order chi connectivity index (χ0) is 20.1. The van der Waals surface area contributed by atoms with Crippen LogP contribution in [0.5, 0.6) is 0 Å². The smallest absolute Gasteiger partial charge is 0.306 e. The molecule has 0 aliphatic carbocycles. The highest BCUT2D eigenvalue weighted by Crippen LogP contribution is 2.28. The second-order valence-electron chi connectivity index (χ2n) is 6.78. The third kappa shape index (κ3) is 4.53. The minimum absolute atomic E-state index is 0.258. The normalized spacial score (nSPS) is 16.4. The second-order valence-corrected chi connectivity index (χ2v) is 6.78. The summed E-state index contributed by atoms with van der Waals surface area (Å²) < 4.78 is 18.9. The molecule has 1 aliphatic heterocycles. The molecule has 0 amide bonds. The van der Waals surface area contributed by atoms with Crippen molar-refractivity contribution in [2.75, 3.05) is 30.5 Å². The van der Waals surface area contributed by atoms with E-state index in [1.54, 1.807) is 7.11 Å². The molecule has 150 valence electrons. The van der Waals surface area contributed by atoms with E-state index in [2.05, 4.69) is 27.1 Å². The molecule has 1 aromatic carbocycles. The molecule has 1 N–H and O–H groups in total. The molecule has 9 heteroatoms. The van der Waals surface area contributed by atoms with E-state index in [9.17, 15) is 14.5 Å². The van der Waals surface area contributed by atoms with Gasteiger partial charge in [-0.15, -0.1) is 0 Å². The SMILES string of the molecule is CCCc1cc(N2CCCC2COC)nc(Nc2ccc(F)c([N+](=O)[O-])c2)n1. The second kappa shape index (κ2) is 8.92. The summed E-state index contributed by atoms with van der Waals surface area (Å²) in [7, 11) is 1.69. The molecule has 1 saturated heterocycles. The van der Waals surface area contributed by atoms with E-state index in [0.717, 1.165) is 55.9 Å². The average molecular weight is 389 g/mol. The van der Waals surface area contributed by atoms with E-state index < -0.39 is 16.4 Å². The zero-order valence-corrected chi connectivity index (χ0v) is 16.0. The van der Waals surface area contributed by atoms with Crippen LogP contribution in [0.2, 0.25) is 0 Å². The number of nitro groups is 1. The summed E-state index contributed by atoms with van der Waals surface area (Å²) >= 11 is 0. The summed E-state index contributed by atoms with van der Waals surface area (Å²) in [6.07, 6.45) is 3.82. The standard InChI is InChI=1S/C19H24FN5O3/c1-3-5-13-11-18(24-9-4-6-15(24)12-28-2)23-19(21-13)22-14-7-8-16(20)17(10-14)25(26)27/h7-8,10-11,15H,3-6,9,12H2,1-2H3,(H,21,22,23). The molecule has 1 aliphatic rings. The van der Waals surface area contributed by atoms with Crippen LogP contribution >= 0.6 is 0 Å². The Morgan fingerprint density at radius 1 is 1.39 bits per heavy atom. The number of methoxy groups -OCH3 is 1. The van der Waals surface area contributed by atoms with E-state index >= 15 is 0 Å². The molecule has 3 rings (SSSR count). The lowest BCUT2D eigenvalue weighted by atomic mass is 10.2. The Morgan fingerprint density at radius 2 is 2.21 bits per heavy atom. The highest BCUT2D eigenvalue weighted by Gasteiger charge is 2.26. The van der Waals surface area contributed by atoms with Crippen molar-refractivity contribution in [1.82, 2.24) is 9.97 Å². The Kier molecular flexibility index (Phi) is 6.35. The predicted molar refractivity (Wildman–Crippen MR) is 105 cm³/mol. The van der Waals surface area contributed by atoms with Gasteiger partial charge in [0.2, 0.25) is 11.8 Å². The molecular weight excluding hydrogens is 365 g/mol. The number of aromatic nitrogens is 2. The minimum Gasteiger partial charge on any atom is -0.383 e. The number of anilines is 3. The number of benzene rings is 1. The Balaban J connectivity index is 1.91. The van der Waals surface area contributed by atoms with Crippen LogP contribution in [0.1, 0.15) is 31.9 Å². The van der Waals surface area contributed by atoms with E-state index in [1.165, 1.54) is 6.07 Å². The topological polar surface area (TPSA) is 93.4 Å². The van der Waals surface area contributed by atoms with Gasteiger partial charge in [-0.05, 0) is 31.4 Å². The molecule has 1 atom stereocenters. The van der Waals surface area contributed by atoms with Gasteiger partial charge in [-0.2, -0.15) is 9.37 Å². The van der Waals surface area contributed by atoms with Crippen LogP contribution in [0.4, 0.5) is 27.5 Å². The first-order valence-electron chi connectivity index (χ1n) is 9.36. The van der Waals surface area contributed by atoms with Gasteiger partial charge in [0.25, 0.3) is 0 Å². The largest absolute Gasteiger partial charge is 0.383 e. The molecule has 1 aromatic heterocycles. The third-order valence-electron chi connectivity index (χ3n) is 4.70. The first-order chi connectivity index (χ1) is 13.5. The van der Waals surface area contributed by atoms with Gasteiger partial charge in [0.1, 0.15) is 5.82 Å². The van der Waals surface area contributed by atoms with Gasteiger partial charge in [0.05, 0.1) is 17.6 Å². The monoisotopic (exact) mass is 389 g/mol. The Bertz CT molecular complexity index is 848. The molecule has 1 unspecified atom stereocenters. The molecular formula is C19H24FN5O3. The Labute approximate surface area is 162 Å². The number of nitrogens with zero attached hydrogens (tertiary/aromatic N) is 4. The molecule has 2 aromatic rings. The summed E-state index contributed by atoms with van der Waals surface area (Å²) in [4.78, 5) is 21.6. The number of nitrogens with one attached hydrogen (secondary N) is 1. The van der Waals surface area contributed by atoms with Crippen LogP contribution in [0.3, 0.4) is 0 Å². The van der Waals surface area contributed by atoms with Crippen LogP contribution in [0.15, 0.2) is 24.3 Å². The van der Waals surface area contributed by atoms with Crippen molar-refractivity contribution in [2.24, 2.45) is 0 Å².